The first-order valence-electron chi connectivity index (χ1n) is 3.67. The third-order valence-corrected chi connectivity index (χ3v) is 1.40. The van der Waals surface area contributed by atoms with Gasteiger partial charge in [-0.15, -0.1) is 6.58 Å². The largest absolute Gasteiger partial charge is 0.292 e. The first-order valence-corrected chi connectivity index (χ1v) is 3.67. The number of aryl methyl sites for hydroxylation is 1. The van der Waals surface area contributed by atoms with Gasteiger partial charge in [0.2, 0.25) is 0 Å². The van der Waals surface area contributed by atoms with E-state index in [4.69, 9.17) is 0 Å². The molecule has 0 saturated heterocycles. The number of Topliss-reactive ketones (excluding diaryl/α,β-unsaturated/α-hetero) is 1. The van der Waals surface area contributed by atoms with Crippen molar-refractivity contribution in [1.29, 1.82) is 0 Å². The number of ketones is 1. The summed E-state index contributed by atoms with van der Waals surface area (Å²) in [5, 5.41) is 0. The monoisotopic (exact) mass is 162 g/mol. The van der Waals surface area contributed by atoms with E-state index in [-0.39, 0.29) is 5.78 Å². The first-order chi connectivity index (χ1) is 5.74. The number of carbonyl (C=O) groups is 1. The van der Waals surface area contributed by atoms with Crippen molar-refractivity contribution in [2.45, 2.75) is 13.3 Å². The molecule has 0 saturated carbocycles. The van der Waals surface area contributed by atoms with E-state index in [1.807, 2.05) is 6.92 Å². The van der Waals surface area contributed by atoms with Gasteiger partial charge in [-0.2, -0.15) is 0 Å². The normalized spacial score (nSPS) is 9.42. The van der Waals surface area contributed by atoms with E-state index in [1.54, 1.807) is 12.3 Å². The number of nitrogens with zero attached hydrogens (tertiary/aromatic N) is 2. The highest BCUT2D eigenvalue weighted by Gasteiger charge is 2.03. The molecule has 0 aliphatic heterocycles. The highest BCUT2D eigenvalue weighted by Crippen LogP contribution is 1.98. The van der Waals surface area contributed by atoms with Crippen molar-refractivity contribution in [2.75, 3.05) is 0 Å². The predicted molar refractivity (Wildman–Crippen MR) is 45.9 cm³/mol. The van der Waals surface area contributed by atoms with Gasteiger partial charge in [-0.3, -0.25) is 9.78 Å². The van der Waals surface area contributed by atoms with Crippen molar-refractivity contribution in [3.63, 3.8) is 0 Å². The summed E-state index contributed by atoms with van der Waals surface area (Å²) < 4.78 is 0. The molecule has 1 rings (SSSR count). The summed E-state index contributed by atoms with van der Waals surface area (Å²) in [4.78, 5) is 19.1. The Bertz CT molecular complexity index is 290. The molecular weight excluding hydrogens is 152 g/mol. The lowest BCUT2D eigenvalue weighted by atomic mass is 10.2. The van der Waals surface area contributed by atoms with E-state index in [0.717, 1.165) is 5.69 Å². The maximum Gasteiger partial charge on any atom is 0.186 e. The van der Waals surface area contributed by atoms with Gasteiger partial charge in [0.05, 0.1) is 11.9 Å². The second-order valence-electron chi connectivity index (χ2n) is 2.46. The van der Waals surface area contributed by atoms with Crippen molar-refractivity contribution in [3.05, 3.63) is 36.4 Å². The van der Waals surface area contributed by atoms with Crippen molar-refractivity contribution in [2.24, 2.45) is 0 Å². The minimum absolute atomic E-state index is 0.0440. The zero-order valence-electron chi connectivity index (χ0n) is 6.95. The quantitative estimate of drug-likeness (QED) is 0.500. The molecule has 1 heterocycles. The summed E-state index contributed by atoms with van der Waals surface area (Å²) in [6.07, 6.45) is 4.94. The van der Waals surface area contributed by atoms with E-state index in [1.165, 1.54) is 6.20 Å². The summed E-state index contributed by atoms with van der Waals surface area (Å²) >= 11 is 0. The Morgan fingerprint density at radius 1 is 1.58 bits per heavy atom. The van der Waals surface area contributed by atoms with E-state index >= 15 is 0 Å². The van der Waals surface area contributed by atoms with E-state index < -0.39 is 0 Å². The molecule has 3 nitrogen and oxygen atoms in total. The average Bonchev–Trinajstić information content (AvgIpc) is 2.06. The fourth-order valence-electron chi connectivity index (χ4n) is 0.772. The van der Waals surface area contributed by atoms with Crippen LogP contribution in [0.15, 0.2) is 25.0 Å². The van der Waals surface area contributed by atoms with Crippen LogP contribution in [-0.4, -0.2) is 15.8 Å². The van der Waals surface area contributed by atoms with Crippen LogP contribution in [0.1, 0.15) is 22.6 Å². The van der Waals surface area contributed by atoms with Crippen LogP contribution in [0.4, 0.5) is 0 Å². The van der Waals surface area contributed by atoms with Crippen molar-refractivity contribution in [1.82, 2.24) is 9.97 Å². The van der Waals surface area contributed by atoms with Gasteiger partial charge in [-0.1, -0.05) is 6.08 Å². The van der Waals surface area contributed by atoms with Gasteiger partial charge >= 0.3 is 0 Å². The number of allylic oxidation sites excluding steroid dienone is 1. The maximum atomic E-state index is 11.2. The van der Waals surface area contributed by atoms with Gasteiger partial charge in [0, 0.05) is 12.6 Å². The Balaban J connectivity index is 2.82. The van der Waals surface area contributed by atoms with Crippen LogP contribution in [0.2, 0.25) is 0 Å². The molecule has 62 valence electrons. The molecule has 0 atom stereocenters. The second kappa shape index (κ2) is 3.76. The highest BCUT2D eigenvalue weighted by atomic mass is 16.1. The average molecular weight is 162 g/mol. The lowest BCUT2D eigenvalue weighted by Crippen LogP contribution is -2.01. The molecule has 0 unspecified atom stereocenters. The van der Waals surface area contributed by atoms with Gasteiger partial charge in [0.15, 0.2) is 5.78 Å². The molecule has 0 bridgehead atoms. The Morgan fingerprint density at radius 2 is 2.33 bits per heavy atom. The number of hydrogen-bond donors (Lipinski definition) is 0. The van der Waals surface area contributed by atoms with Crippen LogP contribution in [0.5, 0.6) is 0 Å². The Labute approximate surface area is 71.2 Å². The van der Waals surface area contributed by atoms with Crippen LogP contribution in [0.25, 0.3) is 0 Å². The Morgan fingerprint density at radius 3 is 2.83 bits per heavy atom. The van der Waals surface area contributed by atoms with Crippen molar-refractivity contribution >= 4 is 5.78 Å². The van der Waals surface area contributed by atoms with Gasteiger partial charge in [0.25, 0.3) is 0 Å². The number of carbonyl (C=O) groups excluding carboxylic acids is 1. The third kappa shape index (κ3) is 1.99. The van der Waals surface area contributed by atoms with E-state index in [0.29, 0.717) is 12.1 Å². The smallest absolute Gasteiger partial charge is 0.186 e. The Kier molecular flexibility index (Phi) is 2.69. The maximum absolute atomic E-state index is 11.2. The van der Waals surface area contributed by atoms with Gasteiger partial charge in [-0.05, 0) is 6.92 Å². The second-order valence-corrected chi connectivity index (χ2v) is 2.46. The Hall–Kier alpha value is -1.51. The SMILES string of the molecule is C=CCC(=O)c1cnc(C)cn1. The lowest BCUT2D eigenvalue weighted by molar-refractivity contribution is 0.0991. The molecule has 1 aromatic rings. The van der Waals surface area contributed by atoms with Crippen molar-refractivity contribution in [3.8, 4) is 0 Å². The highest BCUT2D eigenvalue weighted by molar-refractivity contribution is 5.94. The summed E-state index contributed by atoms with van der Waals surface area (Å²) in [5.41, 5.74) is 1.21. The number of hydrogen-bond acceptors (Lipinski definition) is 3. The molecule has 12 heavy (non-hydrogen) atoms. The topological polar surface area (TPSA) is 42.9 Å². The standard InChI is InChI=1S/C9H10N2O/c1-3-4-9(12)8-6-10-7(2)5-11-8/h3,5-6H,1,4H2,2H3. The zero-order chi connectivity index (χ0) is 8.97. The fourth-order valence-corrected chi connectivity index (χ4v) is 0.772. The molecule has 0 aliphatic carbocycles. The molecule has 0 fully saturated rings. The summed E-state index contributed by atoms with van der Waals surface area (Å²) in [5.74, 6) is -0.0440. The van der Waals surface area contributed by atoms with E-state index in [9.17, 15) is 4.79 Å². The lowest BCUT2D eigenvalue weighted by Gasteiger charge is -1.95. The minimum atomic E-state index is -0.0440. The summed E-state index contributed by atoms with van der Waals surface area (Å²) in [6.45, 7) is 5.30. The van der Waals surface area contributed by atoms with Gasteiger partial charge in [0.1, 0.15) is 5.69 Å². The van der Waals surface area contributed by atoms with Crippen LogP contribution < -0.4 is 0 Å². The molecule has 0 aliphatic rings. The molecule has 0 radical (unpaired) electrons. The van der Waals surface area contributed by atoms with Crippen LogP contribution in [-0.2, 0) is 0 Å². The van der Waals surface area contributed by atoms with Crippen LogP contribution in [0, 0.1) is 6.92 Å². The van der Waals surface area contributed by atoms with Crippen LogP contribution in [0.3, 0.4) is 0 Å². The molecule has 3 heteroatoms. The molecular formula is C9H10N2O. The molecule has 0 amide bonds. The van der Waals surface area contributed by atoms with Crippen LogP contribution >= 0.6 is 0 Å². The first kappa shape index (κ1) is 8.59. The fraction of sp³-hybridized carbons (Fsp3) is 0.222. The number of rotatable bonds is 3. The number of aromatic nitrogens is 2. The predicted octanol–water partition coefficient (Wildman–Crippen LogP) is 1.54. The van der Waals surface area contributed by atoms with Crippen molar-refractivity contribution < 1.29 is 4.79 Å². The van der Waals surface area contributed by atoms with Gasteiger partial charge in [-0.25, -0.2) is 4.98 Å². The summed E-state index contributed by atoms with van der Waals surface area (Å²) in [7, 11) is 0. The molecule has 1 aromatic heterocycles. The molecule has 0 N–H and O–H groups in total. The minimum Gasteiger partial charge on any atom is -0.292 e. The molecule has 0 spiro atoms. The zero-order valence-corrected chi connectivity index (χ0v) is 6.95. The van der Waals surface area contributed by atoms with E-state index in [2.05, 4.69) is 16.5 Å². The summed E-state index contributed by atoms with van der Waals surface area (Å²) in [6, 6.07) is 0. The third-order valence-electron chi connectivity index (χ3n) is 1.40. The van der Waals surface area contributed by atoms with Gasteiger partial charge < -0.3 is 0 Å². The molecule has 0 aromatic carbocycles.